The average molecular weight is 378 g/mol. The second-order valence-corrected chi connectivity index (χ2v) is 6.66. The van der Waals surface area contributed by atoms with E-state index < -0.39 is 0 Å². The summed E-state index contributed by atoms with van der Waals surface area (Å²) >= 11 is 0. The molecule has 6 heteroatoms. The molecule has 0 aliphatic rings. The second kappa shape index (κ2) is 13.0. The Hall–Kier alpha value is -2.21. The van der Waals surface area contributed by atoms with Gasteiger partial charge in [0.05, 0.1) is 14.2 Å². The van der Waals surface area contributed by atoms with E-state index in [4.69, 9.17) is 14.2 Å². The molecule has 0 aromatic heterocycles. The van der Waals surface area contributed by atoms with Crippen LogP contribution in [0.5, 0.6) is 11.5 Å². The molecule has 27 heavy (non-hydrogen) atoms. The number of nitrogens with one attached hydrogen (secondary N) is 2. The Kier molecular flexibility index (Phi) is 11.0. The van der Waals surface area contributed by atoms with E-state index >= 15 is 0 Å². The zero-order valence-electron chi connectivity index (χ0n) is 17.4. The molecule has 0 unspecified atom stereocenters. The van der Waals surface area contributed by atoms with E-state index in [1.54, 1.807) is 21.3 Å². The van der Waals surface area contributed by atoms with Crippen molar-refractivity contribution >= 4 is 5.96 Å². The van der Waals surface area contributed by atoms with Crippen molar-refractivity contribution in [3.8, 4) is 11.5 Å². The van der Waals surface area contributed by atoms with Crippen LogP contribution in [0.4, 0.5) is 0 Å². The fourth-order valence-electron chi connectivity index (χ4n) is 2.62. The van der Waals surface area contributed by atoms with Gasteiger partial charge in [-0.2, -0.15) is 0 Å². The number of aliphatic imine (C=N–C) groups is 1. The zero-order chi connectivity index (χ0) is 20.1. The minimum atomic E-state index is 0.569. The summed E-state index contributed by atoms with van der Waals surface area (Å²) in [6.45, 7) is 11.1. The van der Waals surface area contributed by atoms with Gasteiger partial charge in [0.1, 0.15) is 0 Å². The van der Waals surface area contributed by atoms with Crippen LogP contribution in [-0.2, 0) is 17.7 Å². The van der Waals surface area contributed by atoms with Crippen molar-refractivity contribution in [2.24, 2.45) is 10.9 Å². The Morgan fingerprint density at radius 3 is 2.59 bits per heavy atom. The van der Waals surface area contributed by atoms with Crippen LogP contribution in [0.3, 0.4) is 0 Å². The normalized spacial score (nSPS) is 11.4. The molecule has 0 spiro atoms. The van der Waals surface area contributed by atoms with Crippen LogP contribution in [0.1, 0.15) is 31.4 Å². The summed E-state index contributed by atoms with van der Waals surface area (Å²) in [5, 5.41) is 6.63. The monoisotopic (exact) mass is 377 g/mol. The van der Waals surface area contributed by atoms with E-state index in [1.807, 2.05) is 12.1 Å². The van der Waals surface area contributed by atoms with Crippen LogP contribution in [0.2, 0.25) is 0 Å². The van der Waals surface area contributed by atoms with Crippen LogP contribution in [0.15, 0.2) is 29.8 Å². The highest BCUT2D eigenvalue weighted by Crippen LogP contribution is 2.33. The highest BCUT2D eigenvalue weighted by Gasteiger charge is 2.12. The Morgan fingerprint density at radius 2 is 2.00 bits per heavy atom. The highest BCUT2D eigenvalue weighted by atomic mass is 16.5. The van der Waals surface area contributed by atoms with E-state index in [0.29, 0.717) is 12.5 Å². The Labute approximate surface area is 164 Å². The van der Waals surface area contributed by atoms with Crippen molar-refractivity contribution in [1.29, 1.82) is 0 Å². The van der Waals surface area contributed by atoms with Crippen molar-refractivity contribution in [3.05, 3.63) is 35.9 Å². The quantitative estimate of drug-likeness (QED) is 0.254. The van der Waals surface area contributed by atoms with Gasteiger partial charge in [-0.3, -0.25) is 4.99 Å². The van der Waals surface area contributed by atoms with Crippen molar-refractivity contribution in [1.82, 2.24) is 10.6 Å². The molecule has 0 saturated heterocycles. The highest BCUT2D eigenvalue weighted by molar-refractivity contribution is 5.79. The van der Waals surface area contributed by atoms with Gasteiger partial charge in [0.15, 0.2) is 17.5 Å². The van der Waals surface area contributed by atoms with Gasteiger partial charge in [-0.25, -0.2) is 0 Å². The summed E-state index contributed by atoms with van der Waals surface area (Å²) in [6, 6.07) is 4.08. The molecule has 2 N–H and O–H groups in total. The van der Waals surface area contributed by atoms with Crippen LogP contribution in [0.25, 0.3) is 0 Å². The maximum atomic E-state index is 5.59. The third-order valence-electron chi connectivity index (χ3n) is 3.87. The predicted octanol–water partition coefficient (Wildman–Crippen LogP) is 3.16. The van der Waals surface area contributed by atoms with Crippen LogP contribution < -0.4 is 20.1 Å². The topological polar surface area (TPSA) is 64.1 Å². The van der Waals surface area contributed by atoms with Crippen LogP contribution >= 0.6 is 0 Å². The molecule has 0 atom stereocenters. The summed E-state index contributed by atoms with van der Waals surface area (Å²) in [5.41, 5.74) is 2.14. The average Bonchev–Trinajstić information content (AvgIpc) is 2.66. The lowest BCUT2D eigenvalue weighted by Crippen LogP contribution is -2.37. The first kappa shape index (κ1) is 22.8. The minimum absolute atomic E-state index is 0.569. The summed E-state index contributed by atoms with van der Waals surface area (Å²) < 4.78 is 16.5. The lowest BCUT2D eigenvalue weighted by atomic mass is 10.1. The lowest BCUT2D eigenvalue weighted by molar-refractivity contribution is 0.108. The van der Waals surface area contributed by atoms with Gasteiger partial charge in [-0.05, 0) is 36.5 Å². The molecule has 0 heterocycles. The smallest absolute Gasteiger partial charge is 0.191 e. The summed E-state index contributed by atoms with van der Waals surface area (Å²) in [4.78, 5) is 4.27. The van der Waals surface area contributed by atoms with Crippen molar-refractivity contribution in [2.75, 3.05) is 41.0 Å². The van der Waals surface area contributed by atoms with E-state index in [9.17, 15) is 0 Å². The van der Waals surface area contributed by atoms with Gasteiger partial charge in [0.25, 0.3) is 0 Å². The molecule has 0 radical (unpaired) electrons. The standard InChI is InChI=1S/C21H35N3O3/c1-7-9-18-12-17(13-19(25-5)20(18)26-6)14-24-21(22-4)23-10-8-11-27-15-16(2)3/h7,12-13,16H,1,8-11,14-15H2,2-6H3,(H2,22,23,24). The number of guanidine groups is 1. The molecule has 0 bridgehead atoms. The maximum Gasteiger partial charge on any atom is 0.191 e. The number of hydrogen-bond donors (Lipinski definition) is 2. The Morgan fingerprint density at radius 1 is 1.22 bits per heavy atom. The minimum Gasteiger partial charge on any atom is -0.493 e. The van der Waals surface area contributed by atoms with E-state index in [2.05, 4.69) is 42.1 Å². The van der Waals surface area contributed by atoms with E-state index in [1.165, 1.54) is 0 Å². The number of hydrogen-bond acceptors (Lipinski definition) is 4. The fraction of sp³-hybridized carbons (Fsp3) is 0.571. The van der Waals surface area contributed by atoms with Gasteiger partial charge in [0.2, 0.25) is 0 Å². The first-order chi connectivity index (χ1) is 13.0. The summed E-state index contributed by atoms with van der Waals surface area (Å²) in [7, 11) is 5.07. The van der Waals surface area contributed by atoms with Gasteiger partial charge < -0.3 is 24.8 Å². The summed E-state index contributed by atoms with van der Waals surface area (Å²) in [6.07, 6.45) is 3.51. The molecule has 1 rings (SSSR count). The number of benzene rings is 1. The van der Waals surface area contributed by atoms with Crippen LogP contribution in [0, 0.1) is 5.92 Å². The molecule has 0 aliphatic carbocycles. The van der Waals surface area contributed by atoms with Crippen LogP contribution in [-0.4, -0.2) is 47.0 Å². The zero-order valence-corrected chi connectivity index (χ0v) is 17.4. The van der Waals surface area contributed by atoms with E-state index in [-0.39, 0.29) is 0 Å². The maximum absolute atomic E-state index is 5.59. The Bertz CT molecular complexity index is 601. The third-order valence-corrected chi connectivity index (χ3v) is 3.87. The van der Waals surface area contributed by atoms with E-state index in [0.717, 1.165) is 61.2 Å². The number of methoxy groups -OCH3 is 2. The fourth-order valence-corrected chi connectivity index (χ4v) is 2.62. The second-order valence-electron chi connectivity index (χ2n) is 6.66. The molecule has 0 amide bonds. The Balaban J connectivity index is 2.57. The lowest BCUT2D eigenvalue weighted by Gasteiger charge is -2.16. The molecule has 1 aromatic carbocycles. The van der Waals surface area contributed by atoms with Crippen molar-refractivity contribution in [2.45, 2.75) is 33.2 Å². The predicted molar refractivity (Wildman–Crippen MR) is 112 cm³/mol. The molecule has 1 aromatic rings. The van der Waals surface area contributed by atoms with Gasteiger partial charge in [-0.15, -0.1) is 6.58 Å². The van der Waals surface area contributed by atoms with Crippen molar-refractivity contribution < 1.29 is 14.2 Å². The molecule has 152 valence electrons. The first-order valence-corrected chi connectivity index (χ1v) is 9.42. The van der Waals surface area contributed by atoms with Gasteiger partial charge in [-0.1, -0.05) is 19.9 Å². The van der Waals surface area contributed by atoms with Gasteiger partial charge >= 0.3 is 0 Å². The molecular formula is C21H35N3O3. The molecular weight excluding hydrogens is 342 g/mol. The summed E-state index contributed by atoms with van der Waals surface area (Å²) in [5.74, 6) is 2.81. The third kappa shape index (κ3) is 8.35. The molecule has 6 nitrogen and oxygen atoms in total. The molecule has 0 fully saturated rings. The largest absolute Gasteiger partial charge is 0.493 e. The number of ether oxygens (including phenoxy) is 3. The first-order valence-electron chi connectivity index (χ1n) is 9.42. The number of allylic oxidation sites excluding steroid dienone is 1. The number of nitrogens with zero attached hydrogens (tertiary/aromatic N) is 1. The molecule has 0 aliphatic heterocycles. The molecule has 0 saturated carbocycles. The SMILES string of the molecule is C=CCc1cc(CNC(=NC)NCCCOCC(C)C)cc(OC)c1OC. The van der Waals surface area contributed by atoms with Gasteiger partial charge in [0, 0.05) is 38.9 Å². The number of rotatable bonds is 12. The van der Waals surface area contributed by atoms with Crippen molar-refractivity contribution in [3.63, 3.8) is 0 Å².